The van der Waals surface area contributed by atoms with Crippen LogP contribution < -0.4 is 0 Å². The largest absolute Gasteiger partial charge is 0.143 e. The molecular formula is C16H15ClS2. The van der Waals surface area contributed by atoms with Crippen LogP contribution in [-0.4, -0.2) is 0 Å². The van der Waals surface area contributed by atoms with E-state index in [-0.39, 0.29) is 5.38 Å². The van der Waals surface area contributed by atoms with Gasteiger partial charge in [-0.2, -0.15) is 0 Å². The molecule has 19 heavy (non-hydrogen) atoms. The normalized spacial score (nSPS) is 13.3. The molecule has 0 aliphatic carbocycles. The van der Waals surface area contributed by atoms with E-state index in [1.54, 1.807) is 22.7 Å². The molecule has 2 heterocycles. The van der Waals surface area contributed by atoms with Crippen molar-refractivity contribution in [1.82, 2.24) is 0 Å². The van der Waals surface area contributed by atoms with E-state index in [1.165, 1.54) is 25.4 Å². The maximum Gasteiger partial charge on any atom is 0.0928 e. The van der Waals surface area contributed by atoms with E-state index in [2.05, 4.69) is 55.6 Å². The Morgan fingerprint density at radius 3 is 2.26 bits per heavy atom. The molecule has 0 saturated carbocycles. The van der Waals surface area contributed by atoms with Crippen LogP contribution in [0.4, 0.5) is 0 Å². The first-order valence-electron chi connectivity index (χ1n) is 6.36. The molecule has 1 aromatic carbocycles. The van der Waals surface area contributed by atoms with E-state index in [0.29, 0.717) is 5.92 Å². The Kier molecular flexibility index (Phi) is 3.66. The molecule has 0 fully saturated rings. The third-order valence-corrected chi connectivity index (χ3v) is 6.08. The Balaban J connectivity index is 1.90. The Morgan fingerprint density at radius 1 is 0.947 bits per heavy atom. The molecule has 0 saturated heterocycles. The van der Waals surface area contributed by atoms with Gasteiger partial charge >= 0.3 is 0 Å². The van der Waals surface area contributed by atoms with Crippen molar-refractivity contribution in [3.63, 3.8) is 0 Å². The molecule has 0 N–H and O–H groups in total. The average molecular weight is 307 g/mol. The summed E-state index contributed by atoms with van der Waals surface area (Å²) in [6.45, 7) is 4.42. The number of hydrogen-bond donors (Lipinski definition) is 0. The second-order valence-electron chi connectivity index (χ2n) is 4.98. The van der Waals surface area contributed by atoms with E-state index >= 15 is 0 Å². The lowest BCUT2D eigenvalue weighted by Gasteiger charge is -2.10. The summed E-state index contributed by atoms with van der Waals surface area (Å²) >= 11 is 10.2. The molecular weight excluding hydrogens is 292 g/mol. The van der Waals surface area contributed by atoms with Crippen LogP contribution in [-0.2, 0) is 0 Å². The van der Waals surface area contributed by atoms with Crippen LogP contribution in [0.3, 0.4) is 0 Å². The third-order valence-electron chi connectivity index (χ3n) is 3.30. The zero-order valence-corrected chi connectivity index (χ0v) is 13.3. The van der Waals surface area contributed by atoms with Crippen molar-refractivity contribution in [3.05, 3.63) is 57.8 Å². The van der Waals surface area contributed by atoms with Gasteiger partial charge in [-0.1, -0.05) is 38.1 Å². The summed E-state index contributed by atoms with van der Waals surface area (Å²) in [5, 5.41) is 2.09. The van der Waals surface area contributed by atoms with E-state index in [0.717, 1.165) is 0 Å². The molecule has 0 amide bonds. The molecule has 0 bridgehead atoms. The van der Waals surface area contributed by atoms with Crippen molar-refractivity contribution in [2.24, 2.45) is 0 Å². The van der Waals surface area contributed by atoms with Crippen LogP contribution in [0.25, 0.3) is 9.40 Å². The summed E-state index contributed by atoms with van der Waals surface area (Å²) in [4.78, 5) is 1.24. The number of hydrogen-bond acceptors (Lipinski definition) is 2. The van der Waals surface area contributed by atoms with Gasteiger partial charge < -0.3 is 0 Å². The predicted molar refractivity (Wildman–Crippen MR) is 87.9 cm³/mol. The summed E-state index contributed by atoms with van der Waals surface area (Å²) in [7, 11) is 0. The highest BCUT2D eigenvalue weighted by Gasteiger charge is 2.14. The third kappa shape index (κ3) is 2.58. The minimum atomic E-state index is -0.0363. The highest BCUT2D eigenvalue weighted by molar-refractivity contribution is 7.27. The first-order valence-corrected chi connectivity index (χ1v) is 8.49. The SMILES string of the molecule is CC(C)c1ccc(C(Cl)c2cc3sccc3s2)cc1. The number of halogens is 1. The summed E-state index contributed by atoms with van der Waals surface area (Å²) in [6, 6.07) is 13.1. The minimum absolute atomic E-state index is 0.0363. The number of alkyl halides is 1. The van der Waals surface area contributed by atoms with Crippen LogP contribution in [0.5, 0.6) is 0 Å². The molecule has 0 radical (unpaired) electrons. The van der Waals surface area contributed by atoms with Crippen molar-refractivity contribution in [1.29, 1.82) is 0 Å². The zero-order chi connectivity index (χ0) is 13.4. The van der Waals surface area contributed by atoms with E-state index in [4.69, 9.17) is 11.6 Å². The summed E-state index contributed by atoms with van der Waals surface area (Å²) in [5.41, 5.74) is 2.54. The topological polar surface area (TPSA) is 0 Å². The number of fused-ring (bicyclic) bond motifs is 1. The molecule has 3 rings (SSSR count). The van der Waals surface area contributed by atoms with Gasteiger partial charge in [-0.25, -0.2) is 0 Å². The van der Waals surface area contributed by atoms with Crippen molar-refractivity contribution in [2.75, 3.05) is 0 Å². The second kappa shape index (κ2) is 5.28. The molecule has 98 valence electrons. The Labute approximate surface area is 126 Å². The monoisotopic (exact) mass is 306 g/mol. The van der Waals surface area contributed by atoms with Crippen molar-refractivity contribution >= 4 is 43.7 Å². The first kappa shape index (κ1) is 13.2. The lowest BCUT2D eigenvalue weighted by atomic mass is 10.0. The standard InChI is InChI=1S/C16H15ClS2/c1-10(2)11-3-5-12(6-4-11)16(17)15-9-14-13(19-15)7-8-18-14/h3-10,16H,1-2H3. The van der Waals surface area contributed by atoms with Gasteiger partial charge in [-0.15, -0.1) is 34.3 Å². The Morgan fingerprint density at radius 2 is 1.63 bits per heavy atom. The predicted octanol–water partition coefficient (Wildman–Crippen LogP) is 6.41. The van der Waals surface area contributed by atoms with Crippen LogP contribution in [0, 0.1) is 0 Å². The Bertz CT molecular complexity index is 648. The fraction of sp³-hybridized carbons (Fsp3) is 0.250. The fourth-order valence-electron chi connectivity index (χ4n) is 2.12. The number of benzene rings is 1. The summed E-state index contributed by atoms with van der Waals surface area (Å²) < 4.78 is 2.67. The molecule has 1 unspecified atom stereocenters. The smallest absolute Gasteiger partial charge is 0.0928 e. The number of rotatable bonds is 3. The van der Waals surface area contributed by atoms with Gasteiger partial charge in [0.2, 0.25) is 0 Å². The molecule has 0 aliphatic rings. The number of thiophene rings is 2. The van der Waals surface area contributed by atoms with E-state index < -0.39 is 0 Å². The molecule has 3 aromatic rings. The highest BCUT2D eigenvalue weighted by Crippen LogP contribution is 2.39. The van der Waals surface area contributed by atoms with Crippen molar-refractivity contribution in [2.45, 2.75) is 25.1 Å². The van der Waals surface area contributed by atoms with Crippen molar-refractivity contribution in [3.8, 4) is 0 Å². The average Bonchev–Trinajstić information content (AvgIpc) is 2.98. The second-order valence-corrected chi connectivity index (χ2v) is 7.48. The van der Waals surface area contributed by atoms with Crippen LogP contribution in [0.1, 0.15) is 41.1 Å². The molecule has 2 aromatic heterocycles. The summed E-state index contributed by atoms with van der Waals surface area (Å²) in [6.07, 6.45) is 0. The van der Waals surface area contributed by atoms with E-state index in [1.807, 2.05) is 0 Å². The molecule has 0 spiro atoms. The fourth-order valence-corrected chi connectivity index (χ4v) is 4.59. The lowest BCUT2D eigenvalue weighted by molar-refractivity contribution is 0.865. The maximum atomic E-state index is 6.61. The van der Waals surface area contributed by atoms with Gasteiger partial charge in [0.1, 0.15) is 0 Å². The van der Waals surface area contributed by atoms with Crippen molar-refractivity contribution < 1.29 is 0 Å². The molecule has 1 atom stereocenters. The van der Waals surface area contributed by atoms with Gasteiger partial charge in [0.15, 0.2) is 0 Å². The first-order chi connectivity index (χ1) is 9.15. The van der Waals surface area contributed by atoms with E-state index in [9.17, 15) is 0 Å². The van der Waals surface area contributed by atoms with Crippen LogP contribution >= 0.6 is 34.3 Å². The molecule has 0 aliphatic heterocycles. The van der Waals surface area contributed by atoms with Gasteiger partial charge in [0, 0.05) is 14.3 Å². The van der Waals surface area contributed by atoms with Gasteiger partial charge in [0.05, 0.1) is 5.38 Å². The summed E-state index contributed by atoms with van der Waals surface area (Å²) in [5.74, 6) is 0.565. The van der Waals surface area contributed by atoms with Crippen LogP contribution in [0.15, 0.2) is 41.8 Å². The van der Waals surface area contributed by atoms with Gasteiger partial charge in [-0.3, -0.25) is 0 Å². The van der Waals surface area contributed by atoms with Crippen LogP contribution in [0.2, 0.25) is 0 Å². The minimum Gasteiger partial charge on any atom is -0.143 e. The maximum absolute atomic E-state index is 6.61. The zero-order valence-electron chi connectivity index (χ0n) is 10.9. The highest BCUT2D eigenvalue weighted by atomic mass is 35.5. The molecule has 0 nitrogen and oxygen atoms in total. The Hall–Kier alpha value is -0.830. The molecule has 3 heteroatoms. The quantitative estimate of drug-likeness (QED) is 0.490. The lowest BCUT2D eigenvalue weighted by Crippen LogP contribution is -1.92. The van der Waals surface area contributed by atoms with Gasteiger partial charge in [-0.05, 0) is 34.6 Å². The van der Waals surface area contributed by atoms with Gasteiger partial charge in [0.25, 0.3) is 0 Å².